The van der Waals surface area contributed by atoms with E-state index in [1.54, 1.807) is 11.8 Å². The summed E-state index contributed by atoms with van der Waals surface area (Å²) in [5.74, 6) is -0.982. The van der Waals surface area contributed by atoms with Crippen LogP contribution in [0.1, 0.15) is 23.3 Å². The van der Waals surface area contributed by atoms with Crippen LogP contribution in [0, 0.1) is 0 Å². The molecule has 0 radical (unpaired) electrons. The number of ether oxygens (including phenoxy) is 2. The van der Waals surface area contributed by atoms with Crippen LogP contribution in [0.2, 0.25) is 0 Å². The highest BCUT2D eigenvalue weighted by Crippen LogP contribution is 2.29. The topological polar surface area (TPSA) is 176 Å². The number of carbonyl (C=O) groups is 2. The Hall–Kier alpha value is -1.73. The highest BCUT2D eigenvalue weighted by Gasteiger charge is 2.45. The van der Waals surface area contributed by atoms with E-state index in [-0.39, 0.29) is 12.4 Å². The number of aliphatic hydroxyl groups is 2. The normalized spacial score (nSPS) is 27.2. The quantitative estimate of drug-likeness (QED) is 0.359. The number of nitrogens with two attached hydrogens (primary N) is 2. The highest BCUT2D eigenvalue weighted by atomic mass is 32.2. The van der Waals surface area contributed by atoms with Crippen molar-refractivity contribution in [3.63, 3.8) is 0 Å². The number of esters is 1. The lowest BCUT2D eigenvalue weighted by Gasteiger charge is -2.16. The first-order valence-corrected chi connectivity index (χ1v) is 8.88. The molecule has 0 unspecified atom stereocenters. The molecule has 0 aliphatic carbocycles. The second kappa shape index (κ2) is 8.58. The molecule has 2 rings (SSSR count). The van der Waals surface area contributed by atoms with Gasteiger partial charge in [-0.3, -0.25) is 9.59 Å². The average molecular weight is 375 g/mol. The summed E-state index contributed by atoms with van der Waals surface area (Å²) >= 11 is 1.56. The average Bonchev–Trinajstić information content (AvgIpc) is 3.17. The van der Waals surface area contributed by atoms with Gasteiger partial charge in [-0.05, 0) is 18.4 Å². The zero-order chi connectivity index (χ0) is 18.6. The van der Waals surface area contributed by atoms with Crippen LogP contribution in [-0.4, -0.2) is 79.8 Å². The van der Waals surface area contributed by atoms with E-state index < -0.39 is 42.5 Å². The molecule has 1 amide bonds. The molecule has 0 spiro atoms. The third-order valence-corrected chi connectivity index (χ3v) is 4.30. The highest BCUT2D eigenvalue weighted by molar-refractivity contribution is 7.98. The van der Waals surface area contributed by atoms with Crippen molar-refractivity contribution in [2.75, 3.05) is 18.6 Å². The van der Waals surface area contributed by atoms with Crippen LogP contribution in [0.3, 0.4) is 0 Å². The van der Waals surface area contributed by atoms with Gasteiger partial charge in [-0.1, -0.05) is 0 Å². The number of aromatic nitrogens is 3. The molecule has 6 N–H and O–H groups in total. The van der Waals surface area contributed by atoms with Crippen molar-refractivity contribution in [3.05, 3.63) is 12.2 Å². The predicted octanol–water partition coefficient (Wildman–Crippen LogP) is -2.38. The number of rotatable bonds is 8. The van der Waals surface area contributed by atoms with Crippen LogP contribution in [0.25, 0.3) is 0 Å². The molecule has 2 heterocycles. The van der Waals surface area contributed by atoms with Gasteiger partial charge >= 0.3 is 5.97 Å². The van der Waals surface area contributed by atoms with Crippen molar-refractivity contribution in [1.82, 2.24) is 14.8 Å². The van der Waals surface area contributed by atoms with E-state index in [0.717, 1.165) is 11.0 Å². The van der Waals surface area contributed by atoms with Gasteiger partial charge in [-0.15, -0.1) is 5.10 Å². The minimum atomic E-state index is -1.35. The Morgan fingerprint density at radius 2 is 2.20 bits per heavy atom. The molecular weight excluding hydrogens is 354 g/mol. The number of nitrogens with zero attached hydrogens (tertiary/aromatic N) is 3. The van der Waals surface area contributed by atoms with Crippen molar-refractivity contribution in [2.45, 2.75) is 37.0 Å². The Kier molecular flexibility index (Phi) is 6.72. The molecule has 11 nitrogen and oxygen atoms in total. The van der Waals surface area contributed by atoms with Crippen LogP contribution in [-0.2, 0) is 14.3 Å². The van der Waals surface area contributed by atoms with E-state index in [9.17, 15) is 19.8 Å². The standard InChI is InChI=1S/C13H21N5O6S/c1-25-3-2-6(14)13(22)23-4-7-8(19)9(20)12(24-7)18-5-16-11(17-18)10(15)21/h5-9,12,19-20H,2-4,14H2,1H3,(H2,15,21)/t6-,7+,8+,9+,12+/m0/s1. The van der Waals surface area contributed by atoms with Crippen molar-refractivity contribution in [2.24, 2.45) is 11.5 Å². The van der Waals surface area contributed by atoms with E-state index in [0.29, 0.717) is 12.2 Å². The molecule has 12 heteroatoms. The van der Waals surface area contributed by atoms with Crippen LogP contribution in [0.15, 0.2) is 6.33 Å². The van der Waals surface area contributed by atoms with Gasteiger partial charge in [0.2, 0.25) is 5.82 Å². The predicted molar refractivity (Wildman–Crippen MR) is 86.4 cm³/mol. The molecule has 0 saturated carbocycles. The fraction of sp³-hybridized carbons (Fsp3) is 0.692. The fourth-order valence-corrected chi connectivity index (χ4v) is 2.72. The number of hydrogen-bond donors (Lipinski definition) is 4. The first-order valence-electron chi connectivity index (χ1n) is 7.48. The van der Waals surface area contributed by atoms with E-state index in [1.807, 2.05) is 6.26 Å². The van der Waals surface area contributed by atoms with Crippen LogP contribution in [0.5, 0.6) is 0 Å². The molecule has 1 aromatic rings. The molecule has 5 atom stereocenters. The van der Waals surface area contributed by atoms with Crippen molar-refractivity contribution < 1.29 is 29.3 Å². The molecule has 1 aliphatic heterocycles. The van der Waals surface area contributed by atoms with Crippen LogP contribution >= 0.6 is 11.8 Å². The van der Waals surface area contributed by atoms with Crippen molar-refractivity contribution in [1.29, 1.82) is 0 Å². The van der Waals surface area contributed by atoms with Gasteiger partial charge in [-0.25, -0.2) is 9.67 Å². The molecule has 1 fully saturated rings. The maximum Gasteiger partial charge on any atom is 0.323 e. The molecule has 1 aromatic heterocycles. The molecule has 0 bridgehead atoms. The fourth-order valence-electron chi connectivity index (χ4n) is 2.23. The Morgan fingerprint density at radius 3 is 2.80 bits per heavy atom. The lowest BCUT2D eigenvalue weighted by molar-refractivity contribution is -0.151. The third kappa shape index (κ3) is 4.67. The second-order valence-electron chi connectivity index (χ2n) is 5.48. The number of hydrogen-bond acceptors (Lipinski definition) is 10. The second-order valence-corrected chi connectivity index (χ2v) is 6.46. The monoisotopic (exact) mass is 375 g/mol. The molecule has 25 heavy (non-hydrogen) atoms. The minimum absolute atomic E-state index is 0.250. The van der Waals surface area contributed by atoms with E-state index in [1.165, 1.54) is 0 Å². The van der Waals surface area contributed by atoms with Gasteiger partial charge in [0.15, 0.2) is 6.23 Å². The number of thioether (sulfide) groups is 1. The van der Waals surface area contributed by atoms with E-state index in [2.05, 4.69) is 10.1 Å². The van der Waals surface area contributed by atoms with Gasteiger partial charge in [-0.2, -0.15) is 11.8 Å². The van der Waals surface area contributed by atoms with Gasteiger partial charge in [0.05, 0.1) is 0 Å². The molecule has 0 aromatic carbocycles. The maximum absolute atomic E-state index is 11.8. The van der Waals surface area contributed by atoms with Gasteiger partial charge in [0.1, 0.15) is 37.3 Å². The van der Waals surface area contributed by atoms with Gasteiger partial charge < -0.3 is 31.2 Å². The lowest BCUT2D eigenvalue weighted by atomic mass is 10.1. The zero-order valence-corrected chi connectivity index (χ0v) is 14.3. The van der Waals surface area contributed by atoms with Crippen molar-refractivity contribution >= 4 is 23.6 Å². The summed E-state index contributed by atoms with van der Waals surface area (Å²) < 4.78 is 11.6. The molecular formula is C13H21N5O6S. The van der Waals surface area contributed by atoms with Gasteiger partial charge in [0.25, 0.3) is 5.91 Å². The Balaban J connectivity index is 1.92. The molecule has 1 saturated heterocycles. The smallest absolute Gasteiger partial charge is 0.323 e. The largest absolute Gasteiger partial charge is 0.462 e. The Bertz CT molecular complexity index is 613. The summed E-state index contributed by atoms with van der Waals surface area (Å²) in [5.41, 5.74) is 10.8. The summed E-state index contributed by atoms with van der Waals surface area (Å²) in [6, 6.07) is -0.764. The Morgan fingerprint density at radius 1 is 1.48 bits per heavy atom. The Labute approximate surface area is 147 Å². The first kappa shape index (κ1) is 19.6. The van der Waals surface area contributed by atoms with E-state index >= 15 is 0 Å². The maximum atomic E-state index is 11.8. The van der Waals surface area contributed by atoms with Crippen molar-refractivity contribution in [3.8, 4) is 0 Å². The third-order valence-electron chi connectivity index (χ3n) is 3.65. The molecule has 140 valence electrons. The van der Waals surface area contributed by atoms with E-state index in [4.69, 9.17) is 20.9 Å². The molecule has 1 aliphatic rings. The summed E-state index contributed by atoms with van der Waals surface area (Å²) in [6.07, 6.45) is -1.22. The number of amides is 1. The summed E-state index contributed by atoms with van der Waals surface area (Å²) in [7, 11) is 0. The SMILES string of the molecule is CSCC[C@H](N)C(=O)OC[C@H]1O[C@@H](n2cnc(C(N)=O)n2)[C@H](O)[C@@H]1O. The first-order chi connectivity index (χ1) is 11.8. The zero-order valence-electron chi connectivity index (χ0n) is 13.5. The summed E-state index contributed by atoms with van der Waals surface area (Å²) in [5, 5.41) is 23.9. The lowest BCUT2D eigenvalue weighted by Crippen LogP contribution is -2.38. The van der Waals surface area contributed by atoms with Crippen LogP contribution < -0.4 is 11.5 Å². The van der Waals surface area contributed by atoms with Gasteiger partial charge in [0, 0.05) is 0 Å². The minimum Gasteiger partial charge on any atom is -0.462 e. The summed E-state index contributed by atoms with van der Waals surface area (Å²) in [6.45, 7) is -0.280. The summed E-state index contributed by atoms with van der Waals surface area (Å²) in [4.78, 5) is 26.5. The number of carbonyl (C=O) groups excluding carboxylic acids is 2. The van der Waals surface area contributed by atoms with Crippen LogP contribution in [0.4, 0.5) is 0 Å². The number of aliphatic hydroxyl groups excluding tert-OH is 2. The number of primary amides is 1.